The molecule has 0 aliphatic heterocycles. The largest absolute Gasteiger partial charge is 0.497 e. The minimum Gasteiger partial charge on any atom is -0.497 e. The summed E-state index contributed by atoms with van der Waals surface area (Å²) in [7, 11) is 1.59. The van der Waals surface area contributed by atoms with Crippen LogP contribution in [0.5, 0.6) is 5.75 Å². The van der Waals surface area contributed by atoms with Gasteiger partial charge in [0.25, 0.3) is 0 Å². The fraction of sp³-hybridized carbons (Fsp3) is 0.222. The average molecular weight is 361 g/mol. The highest BCUT2D eigenvalue weighted by Crippen LogP contribution is 2.59. The number of carbonyl (C=O) groups is 1. The van der Waals surface area contributed by atoms with Crippen LogP contribution in [-0.4, -0.2) is 13.0 Å². The van der Waals surface area contributed by atoms with Crippen LogP contribution < -0.4 is 10.1 Å². The summed E-state index contributed by atoms with van der Waals surface area (Å²) in [6.07, 6.45) is 0.479. The Kier molecular flexibility index (Phi) is 4.40. The second-order valence-electron chi connectivity index (χ2n) is 5.69. The Bertz CT molecular complexity index is 830. The maximum Gasteiger partial charge on any atom is 0.245 e. The van der Waals surface area contributed by atoms with Crippen LogP contribution in [0.2, 0.25) is 10.0 Å². The van der Waals surface area contributed by atoms with Crippen molar-refractivity contribution in [2.45, 2.75) is 12.3 Å². The van der Waals surface area contributed by atoms with Crippen LogP contribution >= 0.6 is 23.2 Å². The van der Waals surface area contributed by atoms with Crippen molar-refractivity contribution in [3.8, 4) is 11.8 Å². The maximum absolute atomic E-state index is 12.6. The molecular weight excluding hydrogens is 347 g/mol. The van der Waals surface area contributed by atoms with Crippen molar-refractivity contribution in [2.24, 2.45) is 5.41 Å². The fourth-order valence-corrected chi connectivity index (χ4v) is 3.21. The molecule has 4 nitrogen and oxygen atoms in total. The molecule has 122 valence electrons. The van der Waals surface area contributed by atoms with Gasteiger partial charge in [0.1, 0.15) is 11.2 Å². The molecule has 3 rings (SSSR count). The Balaban J connectivity index is 1.79. The van der Waals surface area contributed by atoms with Crippen LogP contribution in [0, 0.1) is 16.7 Å². The van der Waals surface area contributed by atoms with Crippen LogP contribution in [0.25, 0.3) is 0 Å². The van der Waals surface area contributed by atoms with Gasteiger partial charge in [0, 0.05) is 10.9 Å². The molecule has 2 atom stereocenters. The van der Waals surface area contributed by atoms with Gasteiger partial charge in [-0.1, -0.05) is 35.3 Å². The Morgan fingerprint density at radius 3 is 2.58 bits per heavy atom. The number of anilines is 1. The zero-order valence-electron chi connectivity index (χ0n) is 12.8. The normalized spacial score (nSPS) is 21.7. The number of halogens is 2. The highest BCUT2D eigenvalue weighted by atomic mass is 35.5. The van der Waals surface area contributed by atoms with Gasteiger partial charge in [-0.05, 0) is 42.3 Å². The molecule has 0 saturated heterocycles. The lowest BCUT2D eigenvalue weighted by Gasteiger charge is -2.12. The first-order chi connectivity index (χ1) is 11.5. The van der Waals surface area contributed by atoms with Gasteiger partial charge in [0.15, 0.2) is 0 Å². The molecule has 0 aromatic heterocycles. The summed E-state index contributed by atoms with van der Waals surface area (Å²) in [6, 6.07) is 14.4. The number of hydrogen-bond donors (Lipinski definition) is 1. The molecule has 1 saturated carbocycles. The van der Waals surface area contributed by atoms with E-state index in [1.54, 1.807) is 25.3 Å². The Morgan fingerprint density at radius 2 is 2.00 bits per heavy atom. The molecule has 1 amide bonds. The van der Waals surface area contributed by atoms with E-state index in [2.05, 4.69) is 11.4 Å². The van der Waals surface area contributed by atoms with Crippen LogP contribution in [-0.2, 0) is 4.79 Å². The predicted octanol–water partition coefficient (Wildman–Crippen LogP) is 4.64. The van der Waals surface area contributed by atoms with Crippen molar-refractivity contribution < 1.29 is 9.53 Å². The van der Waals surface area contributed by atoms with Crippen molar-refractivity contribution in [2.75, 3.05) is 12.4 Å². The summed E-state index contributed by atoms with van der Waals surface area (Å²) in [5, 5.41) is 13.1. The van der Waals surface area contributed by atoms with E-state index >= 15 is 0 Å². The SMILES string of the molecule is COc1ccc([C@@H]2C[C@@]2(C#N)C(=O)Nc2ccc(Cl)cc2Cl)cc1. The number of nitrogens with one attached hydrogen (secondary N) is 1. The molecule has 0 unspecified atom stereocenters. The zero-order valence-corrected chi connectivity index (χ0v) is 14.4. The second kappa shape index (κ2) is 6.35. The van der Waals surface area contributed by atoms with Crippen LogP contribution in [0.1, 0.15) is 17.9 Å². The quantitative estimate of drug-likeness (QED) is 0.863. The number of hydrogen-bond acceptors (Lipinski definition) is 3. The zero-order chi connectivity index (χ0) is 17.3. The average Bonchev–Trinajstić information content (AvgIpc) is 3.33. The number of nitrogens with zero attached hydrogens (tertiary/aromatic N) is 1. The highest BCUT2D eigenvalue weighted by molar-refractivity contribution is 6.36. The second-order valence-corrected chi connectivity index (χ2v) is 6.53. The molecule has 6 heteroatoms. The number of nitriles is 1. The molecular formula is C18H14Cl2N2O2. The number of methoxy groups -OCH3 is 1. The standard InChI is InChI=1S/C18H14Cl2N2O2/c1-24-13-5-2-11(3-6-13)14-9-18(14,10-21)17(23)22-16-7-4-12(19)8-15(16)20/h2-8,14H,9H2,1H3,(H,22,23)/t14-,18-/m0/s1. The summed E-state index contributed by atoms with van der Waals surface area (Å²) < 4.78 is 5.13. The maximum atomic E-state index is 12.6. The minimum atomic E-state index is -1.07. The molecule has 2 aromatic carbocycles. The Hall–Kier alpha value is -2.22. The minimum absolute atomic E-state index is 0.139. The van der Waals surface area contributed by atoms with E-state index in [9.17, 15) is 10.1 Å². The third-order valence-corrected chi connectivity index (χ3v) is 4.81. The molecule has 1 aliphatic rings. The number of ether oxygens (including phenoxy) is 1. The van der Waals surface area contributed by atoms with Gasteiger partial charge in [0.2, 0.25) is 5.91 Å². The first kappa shape index (κ1) is 16.6. The van der Waals surface area contributed by atoms with Crippen LogP contribution in [0.4, 0.5) is 5.69 Å². The third-order valence-electron chi connectivity index (χ3n) is 4.26. The van der Waals surface area contributed by atoms with Crippen LogP contribution in [0.15, 0.2) is 42.5 Å². The number of carbonyl (C=O) groups excluding carboxylic acids is 1. The third kappa shape index (κ3) is 2.93. The monoisotopic (exact) mass is 360 g/mol. The van der Waals surface area contributed by atoms with E-state index in [-0.39, 0.29) is 11.8 Å². The fourth-order valence-electron chi connectivity index (χ4n) is 2.75. The van der Waals surface area contributed by atoms with Gasteiger partial charge in [0.05, 0.1) is 23.9 Å². The van der Waals surface area contributed by atoms with E-state index in [0.717, 1.165) is 11.3 Å². The van der Waals surface area contributed by atoms with Gasteiger partial charge in [-0.2, -0.15) is 5.26 Å². The van der Waals surface area contributed by atoms with Gasteiger partial charge in [-0.15, -0.1) is 0 Å². The topological polar surface area (TPSA) is 62.1 Å². The first-order valence-corrected chi connectivity index (χ1v) is 8.07. The Labute approximate surface area is 149 Å². The van der Waals surface area contributed by atoms with E-state index in [1.165, 1.54) is 0 Å². The van der Waals surface area contributed by atoms with E-state index in [1.807, 2.05) is 24.3 Å². The van der Waals surface area contributed by atoms with Crippen LogP contribution in [0.3, 0.4) is 0 Å². The smallest absolute Gasteiger partial charge is 0.245 e. The van der Waals surface area contributed by atoms with Gasteiger partial charge >= 0.3 is 0 Å². The first-order valence-electron chi connectivity index (χ1n) is 7.32. The van der Waals surface area contributed by atoms with Crippen molar-refractivity contribution in [1.29, 1.82) is 5.26 Å². The molecule has 1 fully saturated rings. The lowest BCUT2D eigenvalue weighted by molar-refractivity contribution is -0.119. The number of rotatable bonds is 4. The van der Waals surface area contributed by atoms with E-state index in [4.69, 9.17) is 27.9 Å². The van der Waals surface area contributed by atoms with Gasteiger partial charge in [-0.25, -0.2) is 0 Å². The molecule has 24 heavy (non-hydrogen) atoms. The molecule has 0 spiro atoms. The summed E-state index contributed by atoms with van der Waals surface area (Å²) in [5.41, 5.74) is 0.313. The van der Waals surface area contributed by atoms with Crippen molar-refractivity contribution >= 4 is 34.8 Å². The van der Waals surface area contributed by atoms with Gasteiger partial charge in [-0.3, -0.25) is 4.79 Å². The van der Waals surface area contributed by atoms with E-state index in [0.29, 0.717) is 22.2 Å². The van der Waals surface area contributed by atoms with E-state index < -0.39 is 5.41 Å². The summed E-state index contributed by atoms with van der Waals surface area (Å²) in [4.78, 5) is 12.6. The van der Waals surface area contributed by atoms with Crippen molar-refractivity contribution in [1.82, 2.24) is 0 Å². The molecule has 1 aliphatic carbocycles. The summed E-state index contributed by atoms with van der Waals surface area (Å²) >= 11 is 11.9. The lowest BCUT2D eigenvalue weighted by Crippen LogP contribution is -2.24. The molecule has 2 aromatic rings. The molecule has 0 heterocycles. The summed E-state index contributed by atoms with van der Waals surface area (Å²) in [5.74, 6) is 0.244. The number of amides is 1. The molecule has 1 N–H and O–H groups in total. The Morgan fingerprint density at radius 1 is 1.29 bits per heavy atom. The molecule has 0 radical (unpaired) electrons. The summed E-state index contributed by atoms with van der Waals surface area (Å²) in [6.45, 7) is 0. The lowest BCUT2D eigenvalue weighted by atomic mass is 9.99. The molecule has 0 bridgehead atoms. The van der Waals surface area contributed by atoms with Gasteiger partial charge < -0.3 is 10.1 Å². The number of benzene rings is 2. The highest BCUT2D eigenvalue weighted by Gasteiger charge is 2.61. The van der Waals surface area contributed by atoms with Crippen molar-refractivity contribution in [3.05, 3.63) is 58.1 Å². The predicted molar refractivity (Wildman–Crippen MR) is 93.5 cm³/mol. The van der Waals surface area contributed by atoms with Crippen molar-refractivity contribution in [3.63, 3.8) is 0 Å².